The Hall–Kier alpha value is -1.61. The van der Waals surface area contributed by atoms with Crippen molar-refractivity contribution < 1.29 is 9.53 Å². The van der Waals surface area contributed by atoms with Crippen LogP contribution in [0.15, 0.2) is 30.8 Å². The van der Waals surface area contributed by atoms with E-state index in [2.05, 4.69) is 6.58 Å². The van der Waals surface area contributed by atoms with Crippen LogP contribution in [-0.4, -0.2) is 30.1 Å². The summed E-state index contributed by atoms with van der Waals surface area (Å²) < 4.78 is 5.48. The second kappa shape index (κ2) is 5.36. The Kier molecular flexibility index (Phi) is 3.82. The van der Waals surface area contributed by atoms with Crippen molar-refractivity contribution in [3.8, 4) is 0 Å². The SMILES string of the molecule is C=C1c2ccccc2C(=O)N1CCCOC(C)C. The molecule has 0 saturated heterocycles. The highest BCUT2D eigenvalue weighted by Crippen LogP contribution is 2.30. The zero-order valence-corrected chi connectivity index (χ0v) is 11.0. The molecule has 1 aliphatic rings. The molecule has 0 unspecified atom stereocenters. The molecule has 1 aromatic rings. The Morgan fingerprint density at radius 3 is 2.56 bits per heavy atom. The quantitative estimate of drug-likeness (QED) is 0.746. The van der Waals surface area contributed by atoms with E-state index < -0.39 is 0 Å². The number of benzene rings is 1. The van der Waals surface area contributed by atoms with Crippen LogP contribution < -0.4 is 0 Å². The summed E-state index contributed by atoms with van der Waals surface area (Å²) in [4.78, 5) is 13.9. The van der Waals surface area contributed by atoms with Crippen LogP contribution in [0.1, 0.15) is 36.2 Å². The lowest BCUT2D eigenvalue weighted by Crippen LogP contribution is -2.25. The minimum atomic E-state index is 0.0557. The highest BCUT2D eigenvalue weighted by Gasteiger charge is 2.29. The predicted molar refractivity (Wildman–Crippen MR) is 72.2 cm³/mol. The standard InChI is InChI=1S/C15H19NO2/c1-11(2)18-10-6-9-16-12(3)13-7-4-5-8-14(13)15(16)17/h4-5,7-8,11H,3,6,9-10H2,1-2H3. The third kappa shape index (κ3) is 2.46. The molecule has 0 atom stereocenters. The van der Waals surface area contributed by atoms with E-state index in [0.717, 1.165) is 23.2 Å². The van der Waals surface area contributed by atoms with Crippen LogP contribution in [0.5, 0.6) is 0 Å². The first-order valence-corrected chi connectivity index (χ1v) is 6.33. The molecule has 0 radical (unpaired) electrons. The van der Waals surface area contributed by atoms with Crippen molar-refractivity contribution in [2.45, 2.75) is 26.4 Å². The van der Waals surface area contributed by atoms with Gasteiger partial charge in [0.25, 0.3) is 5.91 Å². The number of fused-ring (bicyclic) bond motifs is 1. The molecular weight excluding hydrogens is 226 g/mol. The van der Waals surface area contributed by atoms with E-state index in [4.69, 9.17) is 4.74 Å². The van der Waals surface area contributed by atoms with Crippen LogP contribution in [0.4, 0.5) is 0 Å². The molecule has 0 aliphatic carbocycles. The minimum Gasteiger partial charge on any atom is -0.379 e. The maximum atomic E-state index is 12.2. The topological polar surface area (TPSA) is 29.5 Å². The average molecular weight is 245 g/mol. The third-order valence-electron chi connectivity index (χ3n) is 3.02. The molecule has 18 heavy (non-hydrogen) atoms. The van der Waals surface area contributed by atoms with Gasteiger partial charge in [-0.1, -0.05) is 24.8 Å². The Morgan fingerprint density at radius 2 is 1.94 bits per heavy atom. The second-order valence-corrected chi connectivity index (χ2v) is 4.72. The molecule has 1 amide bonds. The van der Waals surface area contributed by atoms with Crippen molar-refractivity contribution in [1.29, 1.82) is 0 Å². The fraction of sp³-hybridized carbons (Fsp3) is 0.400. The molecule has 0 spiro atoms. The van der Waals surface area contributed by atoms with Crippen molar-refractivity contribution in [2.24, 2.45) is 0 Å². The Morgan fingerprint density at radius 1 is 1.28 bits per heavy atom. The number of ether oxygens (including phenoxy) is 1. The average Bonchev–Trinajstić information content (AvgIpc) is 2.59. The lowest BCUT2D eigenvalue weighted by atomic mass is 10.1. The molecule has 1 aliphatic heterocycles. The van der Waals surface area contributed by atoms with Crippen molar-refractivity contribution in [2.75, 3.05) is 13.2 Å². The van der Waals surface area contributed by atoms with Gasteiger partial charge >= 0.3 is 0 Å². The highest BCUT2D eigenvalue weighted by atomic mass is 16.5. The van der Waals surface area contributed by atoms with Crippen molar-refractivity contribution in [3.05, 3.63) is 42.0 Å². The zero-order chi connectivity index (χ0) is 13.1. The Balaban J connectivity index is 1.97. The monoisotopic (exact) mass is 245 g/mol. The summed E-state index contributed by atoms with van der Waals surface area (Å²) >= 11 is 0. The molecule has 2 rings (SSSR count). The van der Waals surface area contributed by atoms with Gasteiger partial charge in [0.15, 0.2) is 0 Å². The summed E-state index contributed by atoms with van der Waals surface area (Å²) in [6.45, 7) is 9.36. The van der Waals surface area contributed by atoms with Crippen LogP contribution in [0.2, 0.25) is 0 Å². The largest absolute Gasteiger partial charge is 0.379 e. The van der Waals surface area contributed by atoms with Gasteiger partial charge in [-0.2, -0.15) is 0 Å². The summed E-state index contributed by atoms with van der Waals surface area (Å²) in [6, 6.07) is 7.62. The number of amides is 1. The first-order valence-electron chi connectivity index (χ1n) is 6.33. The minimum absolute atomic E-state index is 0.0557. The molecule has 3 heteroatoms. The lowest BCUT2D eigenvalue weighted by Gasteiger charge is -2.17. The van der Waals surface area contributed by atoms with Gasteiger partial charge in [-0.05, 0) is 26.3 Å². The summed E-state index contributed by atoms with van der Waals surface area (Å²) in [6.07, 6.45) is 1.07. The van der Waals surface area contributed by atoms with Crippen molar-refractivity contribution in [1.82, 2.24) is 4.90 Å². The summed E-state index contributed by atoms with van der Waals surface area (Å²) in [5, 5.41) is 0. The van der Waals surface area contributed by atoms with Gasteiger partial charge in [-0.3, -0.25) is 4.79 Å². The summed E-state index contributed by atoms with van der Waals surface area (Å²) in [5.74, 6) is 0.0557. The molecule has 0 N–H and O–H groups in total. The number of hydrogen-bond donors (Lipinski definition) is 0. The van der Waals surface area contributed by atoms with Crippen LogP contribution >= 0.6 is 0 Å². The van der Waals surface area contributed by atoms with E-state index in [1.807, 2.05) is 38.1 Å². The maximum Gasteiger partial charge on any atom is 0.258 e. The van der Waals surface area contributed by atoms with Crippen LogP contribution in [0.3, 0.4) is 0 Å². The van der Waals surface area contributed by atoms with Crippen LogP contribution in [0, 0.1) is 0 Å². The molecule has 0 saturated carbocycles. The summed E-state index contributed by atoms with van der Waals surface area (Å²) in [5.41, 5.74) is 2.51. The van der Waals surface area contributed by atoms with Crippen molar-refractivity contribution in [3.63, 3.8) is 0 Å². The molecule has 0 fully saturated rings. The normalized spacial score (nSPS) is 14.5. The second-order valence-electron chi connectivity index (χ2n) is 4.72. The van der Waals surface area contributed by atoms with Gasteiger partial charge in [0.2, 0.25) is 0 Å². The van der Waals surface area contributed by atoms with Crippen LogP contribution in [0.25, 0.3) is 5.70 Å². The van der Waals surface area contributed by atoms with Crippen molar-refractivity contribution >= 4 is 11.6 Å². The molecule has 0 aromatic heterocycles. The lowest BCUT2D eigenvalue weighted by molar-refractivity contribution is 0.0690. The Labute approximate surface area is 108 Å². The van der Waals surface area contributed by atoms with Gasteiger partial charge in [0.1, 0.15) is 0 Å². The van der Waals surface area contributed by atoms with Gasteiger partial charge in [0, 0.05) is 30.0 Å². The smallest absolute Gasteiger partial charge is 0.258 e. The molecule has 0 bridgehead atoms. The number of rotatable bonds is 5. The fourth-order valence-electron chi connectivity index (χ4n) is 2.11. The maximum absolute atomic E-state index is 12.2. The summed E-state index contributed by atoms with van der Waals surface area (Å²) in [7, 11) is 0. The first kappa shape index (κ1) is 12.8. The fourth-order valence-corrected chi connectivity index (χ4v) is 2.11. The molecule has 1 aromatic carbocycles. The van der Waals surface area contributed by atoms with Gasteiger partial charge < -0.3 is 9.64 Å². The highest BCUT2D eigenvalue weighted by molar-refractivity contribution is 6.08. The third-order valence-corrected chi connectivity index (χ3v) is 3.02. The van der Waals surface area contributed by atoms with Gasteiger partial charge in [-0.25, -0.2) is 0 Å². The zero-order valence-electron chi connectivity index (χ0n) is 11.0. The molecular formula is C15H19NO2. The number of carbonyl (C=O) groups is 1. The van der Waals surface area contributed by atoms with Gasteiger partial charge in [-0.15, -0.1) is 0 Å². The van der Waals surface area contributed by atoms with E-state index in [0.29, 0.717) is 13.2 Å². The van der Waals surface area contributed by atoms with E-state index in [9.17, 15) is 4.79 Å². The first-order chi connectivity index (χ1) is 8.61. The molecule has 96 valence electrons. The van der Waals surface area contributed by atoms with E-state index >= 15 is 0 Å². The Bertz CT molecular complexity index is 430. The van der Waals surface area contributed by atoms with E-state index in [-0.39, 0.29) is 12.0 Å². The predicted octanol–water partition coefficient (Wildman–Crippen LogP) is 2.93. The molecule has 3 nitrogen and oxygen atoms in total. The van der Waals surface area contributed by atoms with Gasteiger partial charge in [0.05, 0.1) is 6.10 Å². The van der Waals surface area contributed by atoms with E-state index in [1.165, 1.54) is 0 Å². The van der Waals surface area contributed by atoms with E-state index in [1.54, 1.807) is 4.90 Å². The van der Waals surface area contributed by atoms with Crippen LogP contribution in [-0.2, 0) is 4.74 Å². The molecule has 1 heterocycles. The number of hydrogen-bond acceptors (Lipinski definition) is 2. The number of nitrogens with zero attached hydrogens (tertiary/aromatic N) is 1. The number of carbonyl (C=O) groups excluding carboxylic acids is 1.